The number of aliphatic carboxylic acids is 1. The molecule has 4 heteroatoms. The minimum absolute atomic E-state index is 0.00642. The first-order valence-corrected chi connectivity index (χ1v) is 6.06. The molecule has 0 aliphatic rings. The van der Waals surface area contributed by atoms with E-state index in [1.807, 2.05) is 37.3 Å². The highest BCUT2D eigenvalue weighted by atomic mass is 16.4. The SMILES string of the molecule is CC[C@@H](CC(=O)O)N(C)C(=O)Cc1ccccc1. The molecule has 0 aliphatic heterocycles. The molecule has 1 N–H and O–H groups in total. The van der Waals surface area contributed by atoms with Crippen molar-refractivity contribution in [3.8, 4) is 0 Å². The average Bonchev–Trinajstić information content (AvgIpc) is 2.36. The van der Waals surface area contributed by atoms with Gasteiger partial charge in [-0.2, -0.15) is 0 Å². The molecule has 98 valence electrons. The van der Waals surface area contributed by atoms with E-state index >= 15 is 0 Å². The fourth-order valence-corrected chi connectivity index (χ4v) is 1.86. The summed E-state index contributed by atoms with van der Waals surface area (Å²) in [6.07, 6.45) is 0.949. The molecule has 1 rings (SSSR count). The van der Waals surface area contributed by atoms with Crippen LogP contribution < -0.4 is 0 Å². The second-order valence-corrected chi connectivity index (χ2v) is 4.33. The molecular formula is C14H19NO3. The Hall–Kier alpha value is -1.84. The van der Waals surface area contributed by atoms with Gasteiger partial charge in [0.25, 0.3) is 0 Å². The summed E-state index contributed by atoms with van der Waals surface area (Å²) in [4.78, 5) is 24.3. The number of nitrogens with zero attached hydrogens (tertiary/aromatic N) is 1. The quantitative estimate of drug-likeness (QED) is 0.838. The molecule has 0 radical (unpaired) electrons. The normalized spacial score (nSPS) is 11.9. The van der Waals surface area contributed by atoms with Gasteiger partial charge in [-0.05, 0) is 12.0 Å². The van der Waals surface area contributed by atoms with Gasteiger partial charge in [0.15, 0.2) is 0 Å². The molecule has 0 heterocycles. The number of carboxylic acid groups (broad SMARTS) is 1. The van der Waals surface area contributed by atoms with Gasteiger partial charge in [0.1, 0.15) is 0 Å². The maximum atomic E-state index is 12.0. The fourth-order valence-electron chi connectivity index (χ4n) is 1.86. The van der Waals surface area contributed by atoms with Crippen LogP contribution in [0.15, 0.2) is 30.3 Å². The summed E-state index contributed by atoms with van der Waals surface area (Å²) >= 11 is 0. The van der Waals surface area contributed by atoms with Crippen LogP contribution in [-0.4, -0.2) is 35.0 Å². The van der Waals surface area contributed by atoms with Gasteiger partial charge < -0.3 is 10.0 Å². The van der Waals surface area contributed by atoms with Crippen LogP contribution in [0.1, 0.15) is 25.3 Å². The molecule has 0 unspecified atom stereocenters. The predicted molar refractivity (Wildman–Crippen MR) is 69.2 cm³/mol. The number of carboxylic acids is 1. The molecule has 1 atom stereocenters. The summed E-state index contributed by atoms with van der Waals surface area (Å²) in [5, 5.41) is 8.80. The molecule has 18 heavy (non-hydrogen) atoms. The van der Waals surface area contributed by atoms with Gasteiger partial charge in [-0.1, -0.05) is 37.3 Å². The topological polar surface area (TPSA) is 57.6 Å². The Morgan fingerprint density at radius 1 is 1.28 bits per heavy atom. The van der Waals surface area contributed by atoms with Crippen LogP contribution in [0.25, 0.3) is 0 Å². The number of benzene rings is 1. The van der Waals surface area contributed by atoms with E-state index in [1.54, 1.807) is 11.9 Å². The smallest absolute Gasteiger partial charge is 0.305 e. The lowest BCUT2D eigenvalue weighted by atomic mass is 10.1. The minimum atomic E-state index is -0.874. The highest BCUT2D eigenvalue weighted by Crippen LogP contribution is 2.10. The fraction of sp³-hybridized carbons (Fsp3) is 0.429. The molecule has 1 aromatic rings. The first-order valence-electron chi connectivity index (χ1n) is 6.06. The second-order valence-electron chi connectivity index (χ2n) is 4.33. The third-order valence-electron chi connectivity index (χ3n) is 3.02. The number of likely N-dealkylation sites (N-methyl/N-ethyl adjacent to an activating group) is 1. The first-order chi connectivity index (χ1) is 8.54. The van der Waals surface area contributed by atoms with Crippen LogP contribution >= 0.6 is 0 Å². The average molecular weight is 249 g/mol. The molecule has 0 saturated carbocycles. The highest BCUT2D eigenvalue weighted by Gasteiger charge is 2.20. The summed E-state index contributed by atoms with van der Waals surface area (Å²) in [5.41, 5.74) is 0.944. The zero-order valence-electron chi connectivity index (χ0n) is 10.8. The summed E-state index contributed by atoms with van der Waals surface area (Å²) in [5.74, 6) is -0.921. The standard InChI is InChI=1S/C14H19NO3/c1-3-12(10-14(17)18)15(2)13(16)9-11-7-5-4-6-8-11/h4-8,12H,3,9-10H2,1-2H3,(H,17,18)/t12-/m0/s1. The van der Waals surface area contributed by atoms with E-state index in [9.17, 15) is 9.59 Å². The predicted octanol–water partition coefficient (Wildman–Crippen LogP) is 1.94. The van der Waals surface area contributed by atoms with Gasteiger partial charge in [-0.25, -0.2) is 0 Å². The molecule has 0 spiro atoms. The Bertz CT molecular complexity index is 403. The lowest BCUT2D eigenvalue weighted by Gasteiger charge is -2.26. The summed E-state index contributed by atoms with van der Waals surface area (Å²) in [6.45, 7) is 1.89. The lowest BCUT2D eigenvalue weighted by Crippen LogP contribution is -2.39. The highest BCUT2D eigenvalue weighted by molar-refractivity contribution is 5.79. The number of hydrogen-bond donors (Lipinski definition) is 1. The van der Waals surface area contributed by atoms with E-state index in [4.69, 9.17) is 5.11 Å². The van der Waals surface area contributed by atoms with Crippen molar-refractivity contribution in [2.45, 2.75) is 32.2 Å². The number of rotatable bonds is 6. The van der Waals surface area contributed by atoms with Crippen LogP contribution in [0, 0.1) is 0 Å². The summed E-state index contributed by atoms with van der Waals surface area (Å²) in [7, 11) is 1.67. The summed E-state index contributed by atoms with van der Waals surface area (Å²) in [6, 6.07) is 9.22. The van der Waals surface area contributed by atoms with Crippen molar-refractivity contribution in [1.29, 1.82) is 0 Å². The second kappa shape index (κ2) is 6.79. The largest absolute Gasteiger partial charge is 0.481 e. The van der Waals surface area contributed by atoms with Gasteiger partial charge in [0.2, 0.25) is 5.91 Å². The lowest BCUT2D eigenvalue weighted by molar-refractivity contribution is -0.140. The molecule has 0 saturated heterocycles. The van der Waals surface area contributed by atoms with Crippen molar-refractivity contribution < 1.29 is 14.7 Å². The van der Waals surface area contributed by atoms with E-state index in [2.05, 4.69) is 0 Å². The zero-order chi connectivity index (χ0) is 13.5. The van der Waals surface area contributed by atoms with Crippen LogP contribution in [0.3, 0.4) is 0 Å². The number of amides is 1. The van der Waals surface area contributed by atoms with E-state index < -0.39 is 5.97 Å². The molecular weight excluding hydrogens is 230 g/mol. The van der Waals surface area contributed by atoms with Crippen LogP contribution in [0.2, 0.25) is 0 Å². The molecule has 0 bridgehead atoms. The Labute approximate surface area is 107 Å². The van der Waals surface area contributed by atoms with E-state index in [0.717, 1.165) is 5.56 Å². The number of carbonyl (C=O) groups is 2. The Morgan fingerprint density at radius 2 is 1.89 bits per heavy atom. The van der Waals surface area contributed by atoms with Crippen LogP contribution in [-0.2, 0) is 16.0 Å². The van der Waals surface area contributed by atoms with Crippen molar-refractivity contribution in [3.63, 3.8) is 0 Å². The van der Waals surface area contributed by atoms with Gasteiger partial charge in [-0.3, -0.25) is 9.59 Å². The van der Waals surface area contributed by atoms with Gasteiger partial charge in [0.05, 0.1) is 12.8 Å². The van der Waals surface area contributed by atoms with Crippen molar-refractivity contribution in [1.82, 2.24) is 4.90 Å². The Kier molecular flexibility index (Phi) is 5.36. The number of carbonyl (C=O) groups excluding carboxylic acids is 1. The maximum Gasteiger partial charge on any atom is 0.305 e. The van der Waals surface area contributed by atoms with Crippen molar-refractivity contribution in [3.05, 3.63) is 35.9 Å². The van der Waals surface area contributed by atoms with Crippen LogP contribution in [0.4, 0.5) is 0 Å². The van der Waals surface area contributed by atoms with E-state index in [0.29, 0.717) is 12.8 Å². The van der Waals surface area contributed by atoms with Crippen LogP contribution in [0.5, 0.6) is 0 Å². The van der Waals surface area contributed by atoms with E-state index in [-0.39, 0.29) is 18.4 Å². The van der Waals surface area contributed by atoms with Crippen molar-refractivity contribution in [2.24, 2.45) is 0 Å². The van der Waals surface area contributed by atoms with E-state index in [1.165, 1.54) is 0 Å². The van der Waals surface area contributed by atoms with Gasteiger partial charge in [-0.15, -0.1) is 0 Å². The molecule has 1 aromatic carbocycles. The molecule has 4 nitrogen and oxygen atoms in total. The number of hydrogen-bond acceptors (Lipinski definition) is 2. The minimum Gasteiger partial charge on any atom is -0.481 e. The monoisotopic (exact) mass is 249 g/mol. The first kappa shape index (κ1) is 14.2. The molecule has 0 aliphatic carbocycles. The molecule has 0 fully saturated rings. The third-order valence-corrected chi connectivity index (χ3v) is 3.02. The molecule has 1 amide bonds. The summed E-state index contributed by atoms with van der Waals surface area (Å²) < 4.78 is 0. The maximum absolute atomic E-state index is 12.0. The Balaban J connectivity index is 2.62. The van der Waals surface area contributed by atoms with Gasteiger partial charge in [0, 0.05) is 13.1 Å². The third kappa shape index (κ3) is 4.20. The van der Waals surface area contributed by atoms with Crippen molar-refractivity contribution >= 4 is 11.9 Å². The van der Waals surface area contributed by atoms with Crippen molar-refractivity contribution in [2.75, 3.05) is 7.05 Å². The van der Waals surface area contributed by atoms with Gasteiger partial charge >= 0.3 is 5.97 Å². The molecule has 0 aromatic heterocycles. The Morgan fingerprint density at radius 3 is 2.39 bits per heavy atom. The zero-order valence-corrected chi connectivity index (χ0v) is 10.8.